The summed E-state index contributed by atoms with van der Waals surface area (Å²) in [7, 11) is 1.71. The topological polar surface area (TPSA) is 38.8 Å². The summed E-state index contributed by atoms with van der Waals surface area (Å²) in [6.07, 6.45) is 2.98. The Bertz CT molecular complexity index is 220. The van der Waals surface area contributed by atoms with E-state index in [-0.39, 0.29) is 12.0 Å². The van der Waals surface area contributed by atoms with Crippen LogP contribution < -0.4 is 0 Å². The van der Waals surface area contributed by atoms with Gasteiger partial charge in [0.05, 0.1) is 6.61 Å². The van der Waals surface area contributed by atoms with Gasteiger partial charge in [0.25, 0.3) is 0 Å². The smallest absolute Gasteiger partial charge is 0.323 e. The second kappa shape index (κ2) is 6.86. The largest absolute Gasteiger partial charge is 0.465 e. The van der Waals surface area contributed by atoms with Crippen molar-refractivity contribution in [3.05, 3.63) is 0 Å². The standard InChI is InChI=1S/C12H23NO3/c1-4-16-12(14)11-6-5-8-13(11)10(2)7-9-15-3/h10-11H,4-9H2,1-3H3. The summed E-state index contributed by atoms with van der Waals surface area (Å²) in [6, 6.07) is 0.351. The lowest BCUT2D eigenvalue weighted by atomic mass is 10.1. The first-order valence-electron chi connectivity index (χ1n) is 6.12. The van der Waals surface area contributed by atoms with E-state index < -0.39 is 0 Å². The summed E-state index contributed by atoms with van der Waals surface area (Å²) < 4.78 is 10.2. The Morgan fingerprint density at radius 1 is 1.56 bits per heavy atom. The molecule has 0 amide bonds. The van der Waals surface area contributed by atoms with Crippen molar-refractivity contribution < 1.29 is 14.3 Å². The van der Waals surface area contributed by atoms with E-state index in [1.807, 2.05) is 6.92 Å². The molecule has 1 rings (SSSR count). The van der Waals surface area contributed by atoms with Crippen LogP contribution >= 0.6 is 0 Å². The van der Waals surface area contributed by atoms with Crippen LogP contribution in [0.2, 0.25) is 0 Å². The number of carbonyl (C=O) groups excluding carboxylic acids is 1. The van der Waals surface area contributed by atoms with Gasteiger partial charge >= 0.3 is 5.97 Å². The molecule has 2 unspecified atom stereocenters. The number of esters is 1. The third-order valence-electron chi connectivity index (χ3n) is 3.16. The highest BCUT2D eigenvalue weighted by Crippen LogP contribution is 2.22. The number of nitrogens with zero attached hydrogens (tertiary/aromatic N) is 1. The van der Waals surface area contributed by atoms with E-state index in [1.165, 1.54) is 0 Å². The highest BCUT2D eigenvalue weighted by molar-refractivity contribution is 5.76. The van der Waals surface area contributed by atoms with Crippen LogP contribution in [0.4, 0.5) is 0 Å². The summed E-state index contributed by atoms with van der Waals surface area (Å²) in [5.74, 6) is -0.0655. The minimum absolute atomic E-state index is 0.0354. The Labute approximate surface area is 97.9 Å². The van der Waals surface area contributed by atoms with Gasteiger partial charge in [-0.3, -0.25) is 9.69 Å². The highest BCUT2D eigenvalue weighted by Gasteiger charge is 2.34. The first-order chi connectivity index (χ1) is 7.70. The number of carbonyl (C=O) groups is 1. The zero-order valence-corrected chi connectivity index (χ0v) is 10.6. The summed E-state index contributed by atoms with van der Waals surface area (Å²) in [4.78, 5) is 14.0. The fourth-order valence-electron chi connectivity index (χ4n) is 2.26. The number of hydrogen-bond donors (Lipinski definition) is 0. The molecule has 4 heteroatoms. The van der Waals surface area contributed by atoms with Gasteiger partial charge in [-0.15, -0.1) is 0 Å². The van der Waals surface area contributed by atoms with Gasteiger partial charge in [0.15, 0.2) is 0 Å². The molecule has 0 aliphatic carbocycles. The van der Waals surface area contributed by atoms with Crippen LogP contribution in [0.25, 0.3) is 0 Å². The third kappa shape index (κ3) is 3.46. The van der Waals surface area contributed by atoms with Crippen molar-refractivity contribution >= 4 is 5.97 Å². The summed E-state index contributed by atoms with van der Waals surface area (Å²) in [5, 5.41) is 0. The molecule has 0 spiro atoms. The van der Waals surface area contributed by atoms with Crippen molar-refractivity contribution in [2.24, 2.45) is 0 Å². The van der Waals surface area contributed by atoms with Crippen molar-refractivity contribution in [3.63, 3.8) is 0 Å². The molecule has 0 aromatic heterocycles. The predicted octanol–water partition coefficient (Wildman–Crippen LogP) is 1.44. The number of hydrogen-bond acceptors (Lipinski definition) is 4. The van der Waals surface area contributed by atoms with Crippen molar-refractivity contribution in [2.45, 2.75) is 45.2 Å². The van der Waals surface area contributed by atoms with Crippen molar-refractivity contribution in [3.8, 4) is 0 Å². The van der Waals surface area contributed by atoms with Crippen LogP contribution in [0.5, 0.6) is 0 Å². The number of methoxy groups -OCH3 is 1. The molecule has 4 nitrogen and oxygen atoms in total. The Balaban J connectivity index is 2.47. The summed E-state index contributed by atoms with van der Waals surface area (Å²) in [5.41, 5.74) is 0. The van der Waals surface area contributed by atoms with Gasteiger partial charge in [-0.25, -0.2) is 0 Å². The molecule has 0 aromatic carbocycles. The van der Waals surface area contributed by atoms with Crippen LogP contribution in [-0.4, -0.2) is 49.8 Å². The molecule has 1 aliphatic rings. The molecule has 2 atom stereocenters. The molecular weight excluding hydrogens is 206 g/mol. The van der Waals surface area contributed by atoms with Gasteiger partial charge in [-0.1, -0.05) is 0 Å². The van der Waals surface area contributed by atoms with Crippen molar-refractivity contribution in [1.82, 2.24) is 4.90 Å². The lowest BCUT2D eigenvalue weighted by Gasteiger charge is -2.29. The van der Waals surface area contributed by atoms with E-state index >= 15 is 0 Å². The van der Waals surface area contributed by atoms with Crippen LogP contribution in [0.3, 0.4) is 0 Å². The summed E-state index contributed by atoms with van der Waals surface area (Å²) >= 11 is 0. The van der Waals surface area contributed by atoms with Crippen LogP contribution in [0.1, 0.15) is 33.1 Å². The summed E-state index contributed by atoms with van der Waals surface area (Å²) in [6.45, 7) is 6.21. The van der Waals surface area contributed by atoms with E-state index in [9.17, 15) is 4.79 Å². The highest BCUT2D eigenvalue weighted by atomic mass is 16.5. The van der Waals surface area contributed by atoms with Crippen molar-refractivity contribution in [2.75, 3.05) is 26.9 Å². The van der Waals surface area contributed by atoms with Gasteiger partial charge in [0.2, 0.25) is 0 Å². The van der Waals surface area contributed by atoms with E-state index in [2.05, 4.69) is 11.8 Å². The van der Waals surface area contributed by atoms with Crippen LogP contribution in [0, 0.1) is 0 Å². The SMILES string of the molecule is CCOC(=O)C1CCCN1C(C)CCOC. The quantitative estimate of drug-likeness (QED) is 0.646. The average molecular weight is 229 g/mol. The Kier molecular flexibility index (Phi) is 5.77. The maximum absolute atomic E-state index is 11.7. The van der Waals surface area contributed by atoms with Crippen LogP contribution in [-0.2, 0) is 14.3 Å². The molecule has 1 saturated heterocycles. The minimum atomic E-state index is -0.0655. The second-order valence-electron chi connectivity index (χ2n) is 4.28. The predicted molar refractivity (Wildman–Crippen MR) is 62.3 cm³/mol. The van der Waals surface area contributed by atoms with Crippen molar-refractivity contribution in [1.29, 1.82) is 0 Å². The maximum Gasteiger partial charge on any atom is 0.323 e. The second-order valence-corrected chi connectivity index (χ2v) is 4.28. The molecule has 1 aliphatic heterocycles. The molecule has 1 heterocycles. The van der Waals surface area contributed by atoms with Gasteiger partial charge < -0.3 is 9.47 Å². The molecule has 0 saturated carbocycles. The zero-order valence-electron chi connectivity index (χ0n) is 10.6. The molecule has 0 aromatic rings. The fraction of sp³-hybridized carbons (Fsp3) is 0.917. The van der Waals surface area contributed by atoms with Gasteiger partial charge in [0.1, 0.15) is 6.04 Å². The van der Waals surface area contributed by atoms with E-state index in [0.717, 1.165) is 32.4 Å². The molecule has 0 bridgehead atoms. The molecular formula is C12H23NO3. The van der Waals surface area contributed by atoms with E-state index in [1.54, 1.807) is 7.11 Å². The lowest BCUT2D eigenvalue weighted by molar-refractivity contribution is -0.149. The van der Waals surface area contributed by atoms with Gasteiger partial charge in [-0.05, 0) is 39.7 Å². The Morgan fingerprint density at radius 3 is 2.94 bits per heavy atom. The minimum Gasteiger partial charge on any atom is -0.465 e. The molecule has 1 fully saturated rings. The van der Waals surface area contributed by atoms with E-state index in [0.29, 0.717) is 12.6 Å². The van der Waals surface area contributed by atoms with E-state index in [4.69, 9.17) is 9.47 Å². The zero-order chi connectivity index (χ0) is 12.0. The van der Waals surface area contributed by atoms with Gasteiger partial charge in [0, 0.05) is 19.8 Å². The number of ether oxygens (including phenoxy) is 2. The first-order valence-corrected chi connectivity index (χ1v) is 6.12. The Hall–Kier alpha value is -0.610. The molecule has 0 N–H and O–H groups in total. The molecule has 16 heavy (non-hydrogen) atoms. The third-order valence-corrected chi connectivity index (χ3v) is 3.16. The maximum atomic E-state index is 11.7. The van der Waals surface area contributed by atoms with Gasteiger partial charge in [-0.2, -0.15) is 0 Å². The fourth-order valence-corrected chi connectivity index (χ4v) is 2.26. The number of rotatable bonds is 6. The number of likely N-dealkylation sites (tertiary alicyclic amines) is 1. The lowest BCUT2D eigenvalue weighted by Crippen LogP contribution is -2.43. The normalized spacial score (nSPS) is 23.3. The molecule has 0 radical (unpaired) electrons. The Morgan fingerprint density at radius 2 is 2.31 bits per heavy atom. The van der Waals surface area contributed by atoms with Crippen LogP contribution in [0.15, 0.2) is 0 Å². The first kappa shape index (κ1) is 13.5. The average Bonchev–Trinajstić information content (AvgIpc) is 2.75. The molecule has 94 valence electrons. The monoisotopic (exact) mass is 229 g/mol.